The van der Waals surface area contributed by atoms with Crippen molar-refractivity contribution >= 4 is 23.9 Å². The van der Waals surface area contributed by atoms with Crippen molar-refractivity contribution in [2.75, 3.05) is 25.0 Å². The van der Waals surface area contributed by atoms with E-state index in [9.17, 15) is 19.6 Å². The maximum absolute atomic E-state index is 12.5. The molecule has 0 spiro atoms. The van der Waals surface area contributed by atoms with Crippen LogP contribution in [0, 0.1) is 23.3 Å². The fourth-order valence-electron chi connectivity index (χ4n) is 6.75. The van der Waals surface area contributed by atoms with Crippen LogP contribution in [0.15, 0.2) is 60.4 Å². The highest BCUT2D eigenvalue weighted by molar-refractivity contribution is 6.20. The summed E-state index contributed by atoms with van der Waals surface area (Å²) in [5.41, 5.74) is 8.64. The fraction of sp³-hybridized carbons (Fsp3) is 0.455. The molecule has 2 aromatic carbocycles. The number of nitrogens with zero attached hydrogens (tertiary/aromatic N) is 4. The van der Waals surface area contributed by atoms with Crippen LogP contribution in [-0.2, 0) is 9.63 Å². The largest absolute Gasteiger partial charge is 0.399 e. The quantitative estimate of drug-likeness (QED) is 0.112. The Morgan fingerprint density at radius 1 is 1.09 bits per heavy atom. The Morgan fingerprint density at radius 3 is 2.39 bits per heavy atom. The third-order valence-corrected chi connectivity index (χ3v) is 8.76. The molecule has 2 aliphatic heterocycles. The van der Waals surface area contributed by atoms with Gasteiger partial charge in [0.25, 0.3) is 11.8 Å². The number of likely N-dealkylation sites (tertiary alicyclic amines) is 1. The van der Waals surface area contributed by atoms with Gasteiger partial charge in [-0.15, -0.1) is 5.06 Å². The van der Waals surface area contributed by atoms with Crippen molar-refractivity contribution in [3.8, 4) is 6.19 Å². The Balaban J connectivity index is 0.00000216. The number of nitrogens with one attached hydrogen (secondary N) is 1. The number of carbonyl (C=O) groups is 3. The van der Waals surface area contributed by atoms with Gasteiger partial charge in [-0.1, -0.05) is 63.4 Å². The molecule has 0 radical (unpaired) electrons. The lowest BCUT2D eigenvalue weighted by atomic mass is 9.69. The van der Waals surface area contributed by atoms with Crippen LogP contribution in [0.4, 0.5) is 5.69 Å². The summed E-state index contributed by atoms with van der Waals surface area (Å²) in [7, 11) is 0. The normalized spacial score (nSPS) is 21.8. The monoisotopic (exact) mass is 601 g/mol. The predicted octanol–water partition coefficient (Wildman–Crippen LogP) is 4.32. The van der Waals surface area contributed by atoms with Gasteiger partial charge < -0.3 is 21.0 Å². The van der Waals surface area contributed by atoms with E-state index in [2.05, 4.69) is 11.5 Å². The molecule has 2 fully saturated rings. The minimum Gasteiger partial charge on any atom is -0.399 e. The maximum Gasteiger partial charge on any atom is 0.285 e. The number of nitriles is 1. The molecule has 4 unspecified atom stereocenters. The molecule has 2 aromatic rings. The van der Waals surface area contributed by atoms with Gasteiger partial charge in [0.05, 0.1) is 16.8 Å². The highest BCUT2D eigenvalue weighted by Gasteiger charge is 2.41. The van der Waals surface area contributed by atoms with Crippen molar-refractivity contribution in [1.82, 2.24) is 15.0 Å². The zero-order chi connectivity index (χ0) is 31.6. The standard InChI is InChI=1S/C31H37N7O4.C2H6/c32-19-36-16-22-8-2-1-7-21(22)15-29(36)25(24-9-5-6-12-28(24)35-20-39)13-14-37(34)17-23(33)18-42-38-30(40)26-10-3-4-11-27(26)31(38)41;1-2/h3-6,9-12,17,20-22,25,29H,1-2,7-8,13-16,18,33-34H2,(H,35,39);1-2H3/b23-17-;. The zero-order valence-electron chi connectivity index (χ0n) is 25.5. The van der Waals surface area contributed by atoms with Gasteiger partial charge in [-0.05, 0) is 54.9 Å². The van der Waals surface area contributed by atoms with Crippen molar-refractivity contribution in [2.45, 2.75) is 64.3 Å². The molecule has 1 saturated carbocycles. The van der Waals surface area contributed by atoms with Crippen molar-refractivity contribution in [1.29, 1.82) is 5.26 Å². The first-order valence-corrected chi connectivity index (χ1v) is 15.4. The van der Waals surface area contributed by atoms with Gasteiger partial charge in [0.1, 0.15) is 6.61 Å². The Labute approximate surface area is 259 Å². The molecule has 1 saturated heterocycles. The second-order valence-electron chi connectivity index (χ2n) is 11.3. The molecular formula is C33H43N7O4. The van der Waals surface area contributed by atoms with Crippen LogP contribution in [0.25, 0.3) is 0 Å². The Hall–Kier alpha value is -4.40. The van der Waals surface area contributed by atoms with E-state index in [1.165, 1.54) is 30.5 Å². The van der Waals surface area contributed by atoms with Crippen LogP contribution >= 0.6 is 0 Å². The number of nitrogens with two attached hydrogens (primary N) is 2. The molecule has 0 aromatic heterocycles. The second kappa shape index (κ2) is 15.4. The molecule has 3 aliphatic rings. The number of benzene rings is 2. The van der Waals surface area contributed by atoms with Crippen LogP contribution in [0.5, 0.6) is 0 Å². The van der Waals surface area contributed by atoms with Gasteiger partial charge in [0, 0.05) is 36.9 Å². The molecule has 4 atom stereocenters. The summed E-state index contributed by atoms with van der Waals surface area (Å²) in [5.74, 6) is 6.30. The molecule has 0 bridgehead atoms. The SMILES string of the molecule is CC.N#CN1CC2CCCCC2CC1C(CCN(N)/C=C(\N)CON1C(=O)c2ccccc2C1=O)c1ccccc1NC=O. The molecule has 11 nitrogen and oxygen atoms in total. The first-order chi connectivity index (χ1) is 21.4. The van der Waals surface area contributed by atoms with Gasteiger partial charge in [0.15, 0.2) is 6.19 Å². The Bertz CT molecular complexity index is 1360. The van der Waals surface area contributed by atoms with Gasteiger partial charge in [-0.3, -0.25) is 19.2 Å². The van der Waals surface area contributed by atoms with Crippen LogP contribution in [-0.4, -0.2) is 58.9 Å². The number of hydrogen-bond acceptors (Lipinski definition) is 9. The Morgan fingerprint density at radius 2 is 1.73 bits per heavy atom. The maximum atomic E-state index is 12.5. The molecule has 2 heterocycles. The number of anilines is 1. The van der Waals surface area contributed by atoms with Crippen molar-refractivity contribution < 1.29 is 19.2 Å². The van der Waals surface area contributed by atoms with E-state index in [0.717, 1.165) is 30.0 Å². The highest BCUT2D eigenvalue weighted by atomic mass is 16.7. The summed E-state index contributed by atoms with van der Waals surface area (Å²) in [5, 5.41) is 15.1. The summed E-state index contributed by atoms with van der Waals surface area (Å²) in [4.78, 5) is 43.9. The van der Waals surface area contributed by atoms with Crippen LogP contribution in [0.2, 0.25) is 0 Å². The van der Waals surface area contributed by atoms with E-state index in [0.29, 0.717) is 36.9 Å². The van der Waals surface area contributed by atoms with Gasteiger partial charge in [0.2, 0.25) is 6.41 Å². The minimum absolute atomic E-state index is 0.0316. The Kier molecular flexibility index (Phi) is 11.4. The first kappa shape index (κ1) is 32.5. The molecule has 5 rings (SSSR count). The number of hydrogen-bond donors (Lipinski definition) is 3. The van der Waals surface area contributed by atoms with Crippen molar-refractivity contribution in [3.05, 3.63) is 77.1 Å². The summed E-state index contributed by atoms with van der Waals surface area (Å²) >= 11 is 0. The van der Waals surface area contributed by atoms with Gasteiger partial charge >= 0.3 is 0 Å². The third kappa shape index (κ3) is 7.21. The van der Waals surface area contributed by atoms with Gasteiger partial charge in [-0.25, -0.2) is 5.84 Å². The van der Waals surface area contributed by atoms with Crippen molar-refractivity contribution in [3.63, 3.8) is 0 Å². The summed E-state index contributed by atoms with van der Waals surface area (Å²) in [6.45, 7) is 4.94. The molecule has 234 valence electrons. The third-order valence-electron chi connectivity index (χ3n) is 8.76. The average Bonchev–Trinajstić information content (AvgIpc) is 3.30. The molecule has 1 aliphatic carbocycles. The smallest absolute Gasteiger partial charge is 0.285 e. The van der Waals surface area contributed by atoms with E-state index < -0.39 is 11.8 Å². The van der Waals surface area contributed by atoms with E-state index in [4.69, 9.17) is 16.4 Å². The number of hydrazine groups is 1. The molecular weight excluding hydrogens is 558 g/mol. The molecule has 3 amide bonds. The van der Waals surface area contributed by atoms with Crippen LogP contribution < -0.4 is 16.9 Å². The van der Waals surface area contributed by atoms with E-state index in [1.54, 1.807) is 24.3 Å². The van der Waals surface area contributed by atoms with Crippen molar-refractivity contribution in [2.24, 2.45) is 23.4 Å². The number of piperidine rings is 1. The van der Waals surface area contributed by atoms with E-state index in [-0.39, 0.29) is 35.4 Å². The lowest BCUT2D eigenvalue weighted by Crippen LogP contribution is -2.49. The average molecular weight is 602 g/mol. The number of fused-ring (bicyclic) bond motifs is 2. The minimum atomic E-state index is -0.534. The first-order valence-electron chi connectivity index (χ1n) is 15.4. The lowest BCUT2D eigenvalue weighted by Gasteiger charge is -2.47. The number of rotatable bonds is 11. The lowest BCUT2D eigenvalue weighted by molar-refractivity contribution is -0.105. The summed E-state index contributed by atoms with van der Waals surface area (Å²) in [6, 6.07) is 14.2. The predicted molar refractivity (Wildman–Crippen MR) is 167 cm³/mol. The number of carbonyl (C=O) groups excluding carboxylic acids is 3. The number of imide groups is 1. The van der Waals surface area contributed by atoms with E-state index >= 15 is 0 Å². The number of hydroxylamine groups is 2. The zero-order valence-corrected chi connectivity index (χ0v) is 25.5. The number of para-hydroxylation sites is 1. The van der Waals surface area contributed by atoms with Crippen LogP contribution in [0.1, 0.15) is 84.6 Å². The van der Waals surface area contributed by atoms with Crippen LogP contribution in [0.3, 0.4) is 0 Å². The molecule has 5 N–H and O–H groups in total. The number of amides is 3. The molecule has 44 heavy (non-hydrogen) atoms. The van der Waals surface area contributed by atoms with Gasteiger partial charge in [-0.2, -0.15) is 5.26 Å². The second-order valence-corrected chi connectivity index (χ2v) is 11.3. The highest BCUT2D eigenvalue weighted by Crippen LogP contribution is 2.44. The topological polar surface area (TPSA) is 158 Å². The summed E-state index contributed by atoms with van der Waals surface area (Å²) < 4.78 is 0. The van der Waals surface area contributed by atoms with E-state index in [1.807, 2.05) is 43.0 Å². The summed E-state index contributed by atoms with van der Waals surface area (Å²) in [6.07, 6.45) is 10.9. The fourth-order valence-corrected chi connectivity index (χ4v) is 6.75. The molecule has 11 heteroatoms.